The molecule has 0 saturated carbocycles. The van der Waals surface area contributed by atoms with Crippen molar-refractivity contribution >= 4 is 57.0 Å². The fourth-order valence-corrected chi connectivity index (χ4v) is 6.86. The van der Waals surface area contributed by atoms with E-state index in [1.54, 1.807) is 6.92 Å². The number of ether oxygens (including phenoxy) is 3. The third-order valence-corrected chi connectivity index (χ3v) is 9.00. The van der Waals surface area contributed by atoms with Crippen molar-refractivity contribution in [2.24, 2.45) is 0 Å². The Bertz CT molecular complexity index is 927. The fraction of sp³-hybridized carbons (Fsp3) is 0.815. The van der Waals surface area contributed by atoms with Crippen molar-refractivity contribution in [3.05, 3.63) is 0 Å². The van der Waals surface area contributed by atoms with Crippen LogP contribution in [0.5, 0.6) is 0 Å². The Morgan fingerprint density at radius 1 is 1.05 bits per heavy atom. The molecule has 1 saturated heterocycles. The highest BCUT2D eigenvalue weighted by molar-refractivity contribution is 8.47. The molecule has 6 N–H and O–H groups in total. The number of hydrogen-bond donors (Lipinski definition) is 6. The van der Waals surface area contributed by atoms with Gasteiger partial charge in [0.25, 0.3) is 0 Å². The maximum Gasteiger partial charge on any atom is 0.222 e. The molecular weight excluding hydrogens is 621 g/mol. The zero-order valence-corrected chi connectivity index (χ0v) is 27.5. The van der Waals surface area contributed by atoms with E-state index in [0.29, 0.717) is 35.9 Å². The number of thioether (sulfide) groups is 2. The number of carbonyl (C=O) groups excluding carboxylic acids is 3. The number of thiocarbonyl (C=S) groups is 1. The summed E-state index contributed by atoms with van der Waals surface area (Å²) >= 11 is 8.08. The molecule has 0 aromatic rings. The maximum absolute atomic E-state index is 12.1. The normalized spacial score (nSPS) is 23.0. The van der Waals surface area contributed by atoms with Gasteiger partial charge in [-0.3, -0.25) is 14.4 Å². The fourth-order valence-electron chi connectivity index (χ4n) is 3.96. The van der Waals surface area contributed by atoms with Gasteiger partial charge in [0.15, 0.2) is 6.29 Å². The largest absolute Gasteiger partial charge is 0.394 e. The lowest BCUT2D eigenvalue weighted by atomic mass is 9.97. The van der Waals surface area contributed by atoms with Crippen LogP contribution in [-0.4, -0.2) is 117 Å². The van der Waals surface area contributed by atoms with E-state index < -0.39 is 47.9 Å². The molecule has 0 bridgehead atoms. The Balaban J connectivity index is 2.11. The molecule has 1 rings (SSSR count). The van der Waals surface area contributed by atoms with Crippen LogP contribution in [0.3, 0.4) is 0 Å². The van der Waals surface area contributed by atoms with Crippen molar-refractivity contribution in [1.82, 2.24) is 16.0 Å². The van der Waals surface area contributed by atoms with E-state index in [0.717, 1.165) is 12.2 Å². The average molecular weight is 667 g/mol. The first kappa shape index (κ1) is 39.5. The summed E-state index contributed by atoms with van der Waals surface area (Å²) < 4.78 is 16.5. The SMILES string of the molecule is CCSC(=S)SC(C)(C#N)CCC(=O)NCCOCCC(=O)NCCCCCO[C@@H]1O[C@H](CO)[C@H](O)[C@H](O)[C@H]1NC(C)=O. The van der Waals surface area contributed by atoms with Crippen LogP contribution in [0.4, 0.5) is 0 Å². The molecule has 0 aromatic carbocycles. The van der Waals surface area contributed by atoms with Crippen LogP contribution < -0.4 is 16.0 Å². The van der Waals surface area contributed by atoms with Crippen LogP contribution in [-0.2, 0) is 28.6 Å². The zero-order chi connectivity index (χ0) is 32.3. The van der Waals surface area contributed by atoms with Crippen LogP contribution in [0.15, 0.2) is 0 Å². The molecule has 1 unspecified atom stereocenters. The Morgan fingerprint density at radius 3 is 2.40 bits per heavy atom. The number of carbonyl (C=O) groups is 3. The lowest BCUT2D eigenvalue weighted by Gasteiger charge is -2.42. The molecule has 0 spiro atoms. The quantitative estimate of drug-likeness (QED) is 0.0780. The van der Waals surface area contributed by atoms with Gasteiger partial charge in [0, 0.05) is 39.5 Å². The van der Waals surface area contributed by atoms with E-state index in [1.807, 2.05) is 6.92 Å². The second-order valence-corrected chi connectivity index (χ2v) is 14.0. The minimum absolute atomic E-state index is 0.149. The predicted molar refractivity (Wildman–Crippen MR) is 168 cm³/mol. The molecular formula is C27H46N4O9S3. The highest BCUT2D eigenvalue weighted by atomic mass is 32.2. The van der Waals surface area contributed by atoms with E-state index in [9.17, 15) is 35.0 Å². The molecule has 1 fully saturated rings. The topological polar surface area (TPSA) is 199 Å². The number of rotatable bonds is 20. The Kier molecular flexibility index (Phi) is 20.2. The van der Waals surface area contributed by atoms with Crippen molar-refractivity contribution < 1.29 is 43.9 Å². The summed E-state index contributed by atoms with van der Waals surface area (Å²) in [6.07, 6.45) is -1.93. The second-order valence-electron chi connectivity index (χ2n) is 10.1. The third kappa shape index (κ3) is 16.4. The summed E-state index contributed by atoms with van der Waals surface area (Å²) in [5, 5.41) is 47.2. The zero-order valence-electron chi connectivity index (χ0n) is 25.0. The van der Waals surface area contributed by atoms with Gasteiger partial charge in [0.1, 0.15) is 32.6 Å². The van der Waals surface area contributed by atoms with Gasteiger partial charge in [-0.15, -0.1) is 11.8 Å². The minimum atomic E-state index is -1.36. The van der Waals surface area contributed by atoms with Crippen molar-refractivity contribution in [2.45, 2.75) is 94.7 Å². The van der Waals surface area contributed by atoms with Crippen LogP contribution in [0, 0.1) is 11.3 Å². The molecule has 0 aromatic heterocycles. The molecule has 1 aliphatic rings. The Morgan fingerprint density at radius 2 is 1.74 bits per heavy atom. The van der Waals surface area contributed by atoms with Crippen molar-refractivity contribution in [3.63, 3.8) is 0 Å². The van der Waals surface area contributed by atoms with Gasteiger partial charge in [-0.2, -0.15) is 5.26 Å². The average Bonchev–Trinajstić information content (AvgIpc) is 2.96. The lowest BCUT2D eigenvalue weighted by Crippen LogP contribution is -2.64. The van der Waals surface area contributed by atoms with E-state index >= 15 is 0 Å². The van der Waals surface area contributed by atoms with E-state index in [-0.39, 0.29) is 44.5 Å². The summed E-state index contributed by atoms with van der Waals surface area (Å²) in [5.41, 5.74) is 0. The Hall–Kier alpha value is -1.55. The lowest BCUT2D eigenvalue weighted by molar-refractivity contribution is -0.270. The highest BCUT2D eigenvalue weighted by Gasteiger charge is 2.45. The van der Waals surface area contributed by atoms with Gasteiger partial charge in [-0.25, -0.2) is 0 Å². The van der Waals surface area contributed by atoms with Gasteiger partial charge < -0.3 is 45.5 Å². The van der Waals surface area contributed by atoms with Gasteiger partial charge in [-0.05, 0) is 38.4 Å². The molecule has 16 heteroatoms. The molecule has 1 heterocycles. The van der Waals surface area contributed by atoms with Gasteiger partial charge >= 0.3 is 0 Å². The second kappa shape index (κ2) is 22.0. The molecule has 6 atom stereocenters. The number of hydrogen-bond acceptors (Lipinski definition) is 13. The minimum Gasteiger partial charge on any atom is -0.394 e. The van der Waals surface area contributed by atoms with Crippen LogP contribution in [0.25, 0.3) is 0 Å². The summed E-state index contributed by atoms with van der Waals surface area (Å²) in [7, 11) is 0. The number of unbranched alkanes of at least 4 members (excludes halogenated alkanes) is 2. The summed E-state index contributed by atoms with van der Waals surface area (Å²) in [6.45, 7) is 6.06. The molecule has 0 aliphatic carbocycles. The first-order chi connectivity index (χ1) is 20.5. The highest BCUT2D eigenvalue weighted by Crippen LogP contribution is 2.34. The van der Waals surface area contributed by atoms with Crippen molar-refractivity contribution in [1.29, 1.82) is 5.26 Å². The summed E-state index contributed by atoms with van der Waals surface area (Å²) in [4.78, 5) is 35.6. The number of nitriles is 1. The first-order valence-electron chi connectivity index (χ1n) is 14.4. The van der Waals surface area contributed by atoms with Crippen LogP contribution in [0.2, 0.25) is 0 Å². The molecule has 1 aliphatic heterocycles. The molecule has 43 heavy (non-hydrogen) atoms. The van der Waals surface area contributed by atoms with Crippen molar-refractivity contribution in [3.8, 4) is 6.07 Å². The van der Waals surface area contributed by atoms with E-state index in [2.05, 4.69) is 22.0 Å². The number of aliphatic hydroxyl groups is 3. The van der Waals surface area contributed by atoms with Gasteiger partial charge in [0.05, 0.1) is 25.9 Å². The standard InChI is InChI=1S/C27H46N4O9S3/c1-4-42-26(41)43-27(3,17-28)10-8-20(34)30-12-15-38-14-9-21(35)29-11-6-5-7-13-39-25-22(31-18(2)33)24(37)23(36)19(16-32)40-25/h19,22-25,32,36-37H,4-16H2,1-3H3,(H,29,35)(H,30,34)(H,31,33)/t19-,22-,23+,24-,25-,27?/m1/s1. The van der Waals surface area contributed by atoms with Crippen LogP contribution in [0.1, 0.15) is 59.3 Å². The Labute approximate surface area is 267 Å². The maximum atomic E-state index is 12.1. The smallest absolute Gasteiger partial charge is 0.222 e. The third-order valence-electron chi connectivity index (χ3n) is 6.35. The summed E-state index contributed by atoms with van der Waals surface area (Å²) in [5.74, 6) is 0.0937. The van der Waals surface area contributed by atoms with Crippen LogP contribution >= 0.6 is 35.7 Å². The van der Waals surface area contributed by atoms with E-state index in [4.69, 9.17) is 26.4 Å². The predicted octanol–water partition coefficient (Wildman–Crippen LogP) is 0.590. The number of nitrogens with one attached hydrogen (secondary N) is 3. The monoisotopic (exact) mass is 666 g/mol. The first-order valence-corrected chi connectivity index (χ1v) is 16.6. The summed E-state index contributed by atoms with van der Waals surface area (Å²) in [6, 6.07) is 1.27. The molecule has 246 valence electrons. The number of amides is 3. The van der Waals surface area contributed by atoms with Gasteiger partial charge in [-0.1, -0.05) is 30.9 Å². The number of aliphatic hydroxyl groups excluding tert-OH is 3. The molecule has 3 amide bonds. The number of nitrogens with zero attached hydrogens (tertiary/aromatic N) is 1. The van der Waals surface area contributed by atoms with Crippen molar-refractivity contribution in [2.75, 3.05) is 45.3 Å². The molecule has 0 radical (unpaired) electrons. The van der Waals surface area contributed by atoms with Gasteiger partial charge in [0.2, 0.25) is 17.7 Å². The molecule has 13 nitrogen and oxygen atoms in total. The van der Waals surface area contributed by atoms with E-state index in [1.165, 1.54) is 30.4 Å².